The molecule has 0 amide bonds. The van der Waals surface area contributed by atoms with Crippen LogP contribution in [0.4, 0.5) is 0 Å². The lowest BCUT2D eigenvalue weighted by Gasteiger charge is -2.03. The largest absolute Gasteiger partial charge is 0.476 e. The minimum absolute atomic E-state index is 0.0355. The number of terminal acetylenes is 1. The molecule has 0 radical (unpaired) electrons. The fourth-order valence-electron chi connectivity index (χ4n) is 1.20. The zero-order valence-corrected chi connectivity index (χ0v) is 8.54. The van der Waals surface area contributed by atoms with Gasteiger partial charge < -0.3 is 9.84 Å². The average molecular weight is 229 g/mol. The highest BCUT2D eigenvalue weighted by molar-refractivity contribution is 5.87. The second kappa shape index (κ2) is 4.37. The van der Waals surface area contributed by atoms with Gasteiger partial charge in [-0.3, -0.25) is 0 Å². The molecule has 0 aliphatic heterocycles. The number of rotatable bonds is 3. The van der Waals surface area contributed by atoms with Crippen molar-refractivity contribution >= 4 is 5.97 Å². The minimum atomic E-state index is -1.22. The summed E-state index contributed by atoms with van der Waals surface area (Å²) in [5, 5.41) is 17.9. The van der Waals surface area contributed by atoms with E-state index in [-0.39, 0.29) is 11.6 Å². The molecule has 6 heteroatoms. The summed E-state index contributed by atoms with van der Waals surface area (Å²) in [5.41, 5.74) is 0.350. The van der Waals surface area contributed by atoms with Gasteiger partial charge in [-0.2, -0.15) is 0 Å². The quantitative estimate of drug-likeness (QED) is 0.774. The smallest absolute Gasteiger partial charge is 0.362 e. The third kappa shape index (κ3) is 2.23. The van der Waals surface area contributed by atoms with Gasteiger partial charge in [-0.25, -0.2) is 9.89 Å². The maximum absolute atomic E-state index is 10.8. The number of hydrogen-bond donors (Lipinski definition) is 2. The molecule has 0 aliphatic rings. The molecule has 0 bridgehead atoms. The average Bonchev–Trinajstić information content (AvgIpc) is 2.77. The van der Waals surface area contributed by atoms with Crippen LogP contribution in [0, 0.1) is 12.3 Å². The number of aromatic nitrogens is 3. The van der Waals surface area contributed by atoms with E-state index in [9.17, 15) is 4.79 Å². The van der Waals surface area contributed by atoms with Gasteiger partial charge in [0, 0.05) is 5.56 Å². The van der Waals surface area contributed by atoms with E-state index in [4.69, 9.17) is 16.3 Å². The monoisotopic (exact) mass is 229 g/mol. The maximum atomic E-state index is 10.8. The molecule has 0 aliphatic carbocycles. The third-order valence-corrected chi connectivity index (χ3v) is 1.94. The summed E-state index contributed by atoms with van der Waals surface area (Å²) in [7, 11) is 0. The lowest BCUT2D eigenvalue weighted by molar-refractivity contribution is 0.0687. The number of carbonyl (C=O) groups is 1. The van der Waals surface area contributed by atoms with E-state index in [0.717, 1.165) is 0 Å². The van der Waals surface area contributed by atoms with Crippen LogP contribution >= 0.6 is 0 Å². The molecule has 1 aromatic carbocycles. The fraction of sp³-hybridized carbons (Fsp3) is 0. The lowest BCUT2D eigenvalue weighted by Crippen LogP contribution is -1.99. The van der Waals surface area contributed by atoms with Crippen LogP contribution in [0.5, 0.6) is 11.6 Å². The number of carboxylic acids is 1. The molecule has 2 rings (SSSR count). The molecule has 1 aromatic heterocycles. The van der Waals surface area contributed by atoms with Crippen LogP contribution in [0.15, 0.2) is 24.3 Å². The Labute approximate surface area is 96.2 Å². The van der Waals surface area contributed by atoms with Crippen LogP contribution in [0.3, 0.4) is 0 Å². The maximum Gasteiger partial charge on any atom is 0.362 e. The predicted octanol–water partition coefficient (Wildman–Crippen LogP) is 1.28. The van der Waals surface area contributed by atoms with Crippen molar-refractivity contribution in [1.82, 2.24) is 15.4 Å². The molecule has 0 spiro atoms. The second-order valence-corrected chi connectivity index (χ2v) is 3.07. The van der Waals surface area contributed by atoms with Crippen LogP contribution in [-0.2, 0) is 0 Å². The van der Waals surface area contributed by atoms with E-state index < -0.39 is 5.97 Å². The number of benzene rings is 1. The molecule has 0 unspecified atom stereocenters. The number of hydrogen-bond acceptors (Lipinski definition) is 4. The van der Waals surface area contributed by atoms with Gasteiger partial charge in [-0.05, 0) is 18.2 Å². The summed E-state index contributed by atoms with van der Waals surface area (Å²) >= 11 is 0. The molecule has 0 saturated heterocycles. The first-order valence-corrected chi connectivity index (χ1v) is 4.59. The van der Waals surface area contributed by atoms with Gasteiger partial charge in [0.15, 0.2) is 0 Å². The fourth-order valence-corrected chi connectivity index (χ4v) is 1.20. The Morgan fingerprint density at radius 2 is 2.35 bits per heavy atom. The Hall–Kier alpha value is -2.81. The topological polar surface area (TPSA) is 88.1 Å². The van der Waals surface area contributed by atoms with Crippen LogP contribution in [0.25, 0.3) is 0 Å². The van der Waals surface area contributed by atoms with Crippen molar-refractivity contribution in [2.75, 3.05) is 0 Å². The van der Waals surface area contributed by atoms with Crippen LogP contribution in [-0.4, -0.2) is 26.5 Å². The van der Waals surface area contributed by atoms with Gasteiger partial charge in [-0.1, -0.05) is 17.2 Å². The molecule has 2 N–H and O–H groups in total. The first-order valence-electron chi connectivity index (χ1n) is 4.59. The minimum Gasteiger partial charge on any atom is -0.476 e. The first kappa shape index (κ1) is 10.7. The van der Waals surface area contributed by atoms with E-state index >= 15 is 0 Å². The van der Waals surface area contributed by atoms with Gasteiger partial charge in [-0.15, -0.1) is 11.5 Å². The van der Waals surface area contributed by atoms with Crippen molar-refractivity contribution in [3.63, 3.8) is 0 Å². The van der Waals surface area contributed by atoms with E-state index in [1.54, 1.807) is 24.3 Å². The Kier molecular flexibility index (Phi) is 2.75. The summed E-state index contributed by atoms with van der Waals surface area (Å²) in [6.45, 7) is 0. The van der Waals surface area contributed by atoms with Crippen LogP contribution in [0.2, 0.25) is 0 Å². The molecule has 0 saturated carbocycles. The first-order chi connectivity index (χ1) is 8.20. The normalized spacial score (nSPS) is 9.59. The van der Waals surface area contributed by atoms with Crippen LogP contribution in [0.1, 0.15) is 16.1 Å². The lowest BCUT2D eigenvalue weighted by atomic mass is 10.2. The predicted molar refractivity (Wildman–Crippen MR) is 57.8 cm³/mol. The third-order valence-electron chi connectivity index (χ3n) is 1.94. The van der Waals surface area contributed by atoms with Gasteiger partial charge in [0.25, 0.3) is 5.88 Å². The number of aromatic amines is 1. The molecule has 2 aromatic rings. The summed E-state index contributed by atoms with van der Waals surface area (Å²) in [6, 6.07) is 6.69. The molecular weight excluding hydrogens is 222 g/mol. The standard InChI is InChI=1S/C11H7N3O3/c1-2-7-4-3-5-8(6-7)17-10-9(11(15)16)12-14-13-10/h1,3-6H,(H,15,16)(H,12,13,14). The SMILES string of the molecule is C#Cc1cccc(Oc2[nH]nnc2C(=O)O)c1. The van der Waals surface area contributed by atoms with E-state index in [0.29, 0.717) is 11.3 Å². The zero-order chi connectivity index (χ0) is 12.3. The molecule has 0 fully saturated rings. The van der Waals surface area contributed by atoms with E-state index in [1.807, 2.05) is 0 Å². The summed E-state index contributed by atoms with van der Waals surface area (Å²) < 4.78 is 5.30. The van der Waals surface area contributed by atoms with Gasteiger partial charge in [0.1, 0.15) is 5.75 Å². The molecular formula is C11H7N3O3. The molecule has 1 heterocycles. The van der Waals surface area contributed by atoms with Crippen molar-refractivity contribution in [2.24, 2.45) is 0 Å². The number of H-pyrrole nitrogens is 1. The van der Waals surface area contributed by atoms with Crippen LogP contribution < -0.4 is 4.74 Å². The summed E-state index contributed by atoms with van der Waals surface area (Å²) in [5.74, 6) is 1.60. The Morgan fingerprint density at radius 1 is 1.53 bits per heavy atom. The van der Waals surface area contributed by atoms with Crippen molar-refractivity contribution < 1.29 is 14.6 Å². The number of ether oxygens (including phenoxy) is 1. The Bertz CT molecular complexity index is 598. The Balaban J connectivity index is 2.29. The molecule has 0 atom stereocenters. The van der Waals surface area contributed by atoms with Crippen molar-refractivity contribution in [3.05, 3.63) is 35.5 Å². The second-order valence-electron chi connectivity index (χ2n) is 3.07. The molecule has 6 nitrogen and oxygen atoms in total. The van der Waals surface area contributed by atoms with Gasteiger partial charge in [0.05, 0.1) is 0 Å². The summed E-state index contributed by atoms with van der Waals surface area (Å²) in [4.78, 5) is 10.8. The number of nitrogens with zero attached hydrogens (tertiary/aromatic N) is 2. The van der Waals surface area contributed by atoms with E-state index in [2.05, 4.69) is 21.3 Å². The van der Waals surface area contributed by atoms with Gasteiger partial charge in [0.2, 0.25) is 5.69 Å². The molecule has 17 heavy (non-hydrogen) atoms. The zero-order valence-electron chi connectivity index (χ0n) is 8.54. The highest BCUT2D eigenvalue weighted by atomic mass is 16.5. The van der Waals surface area contributed by atoms with Gasteiger partial charge >= 0.3 is 5.97 Å². The van der Waals surface area contributed by atoms with Crippen molar-refractivity contribution in [1.29, 1.82) is 0 Å². The summed E-state index contributed by atoms with van der Waals surface area (Å²) in [6.07, 6.45) is 5.24. The highest BCUT2D eigenvalue weighted by Crippen LogP contribution is 2.22. The van der Waals surface area contributed by atoms with E-state index in [1.165, 1.54) is 0 Å². The molecule has 84 valence electrons. The van der Waals surface area contributed by atoms with Crippen molar-refractivity contribution in [3.8, 4) is 24.0 Å². The number of nitrogens with one attached hydrogen (secondary N) is 1. The number of carboxylic acid groups (broad SMARTS) is 1. The Morgan fingerprint density at radius 3 is 3.06 bits per heavy atom. The number of aromatic carboxylic acids is 1. The highest BCUT2D eigenvalue weighted by Gasteiger charge is 2.16. The van der Waals surface area contributed by atoms with Crippen molar-refractivity contribution in [2.45, 2.75) is 0 Å².